The van der Waals surface area contributed by atoms with Crippen LogP contribution >= 0.6 is 0 Å². The average Bonchev–Trinajstić information content (AvgIpc) is 2.25. The highest BCUT2D eigenvalue weighted by molar-refractivity contribution is 5.30. The summed E-state index contributed by atoms with van der Waals surface area (Å²) >= 11 is 0. The van der Waals surface area contributed by atoms with Crippen molar-refractivity contribution in [2.45, 2.75) is 58.0 Å². The highest BCUT2D eigenvalue weighted by Gasteiger charge is 2.19. The molecule has 0 saturated heterocycles. The molecule has 1 unspecified atom stereocenters. The van der Waals surface area contributed by atoms with Crippen molar-refractivity contribution in [3.05, 3.63) is 29.8 Å². The lowest BCUT2D eigenvalue weighted by atomic mass is 9.80. The van der Waals surface area contributed by atoms with Crippen LogP contribution in [0.2, 0.25) is 0 Å². The lowest BCUT2D eigenvalue weighted by Crippen LogP contribution is -2.17. The van der Waals surface area contributed by atoms with Crippen molar-refractivity contribution in [2.24, 2.45) is 0 Å². The molecule has 0 aliphatic rings. The molecule has 0 spiro atoms. The number of hydrogen-bond acceptors (Lipinski definition) is 2. The van der Waals surface area contributed by atoms with Crippen molar-refractivity contribution >= 4 is 0 Å². The molecule has 1 aromatic carbocycles. The average molecular weight is 236 g/mol. The molecule has 2 N–H and O–H groups in total. The first-order valence-corrected chi connectivity index (χ1v) is 6.39. The lowest BCUT2D eigenvalue weighted by molar-refractivity contribution is 0.179. The smallest absolute Gasteiger partial charge is 0.115 e. The van der Waals surface area contributed by atoms with Gasteiger partial charge < -0.3 is 10.2 Å². The van der Waals surface area contributed by atoms with E-state index in [0.717, 1.165) is 25.7 Å². The van der Waals surface area contributed by atoms with Crippen molar-refractivity contribution in [1.29, 1.82) is 0 Å². The molecule has 0 amide bonds. The van der Waals surface area contributed by atoms with Crippen LogP contribution in [0.5, 0.6) is 5.75 Å². The van der Waals surface area contributed by atoms with Gasteiger partial charge in [-0.05, 0) is 42.9 Å². The maximum Gasteiger partial charge on any atom is 0.115 e. The van der Waals surface area contributed by atoms with Gasteiger partial charge in [-0.3, -0.25) is 0 Å². The van der Waals surface area contributed by atoms with Crippen LogP contribution in [0.1, 0.15) is 52.0 Å². The molecule has 0 saturated carbocycles. The predicted molar refractivity (Wildman–Crippen MR) is 71.3 cm³/mol. The predicted octanol–water partition coefficient (Wildman–Crippen LogP) is 3.61. The van der Waals surface area contributed by atoms with Gasteiger partial charge in [0.1, 0.15) is 5.75 Å². The number of aromatic hydroxyl groups is 1. The number of phenols is 1. The molecular formula is C15H24O2. The van der Waals surface area contributed by atoms with Crippen molar-refractivity contribution in [3.63, 3.8) is 0 Å². The van der Waals surface area contributed by atoms with Crippen LogP contribution in [-0.4, -0.2) is 16.3 Å². The Labute approximate surface area is 104 Å². The number of benzene rings is 1. The third kappa shape index (κ3) is 4.78. The maximum absolute atomic E-state index is 9.27. The normalized spacial score (nSPS) is 13.6. The number of phenolic OH excluding ortho intramolecular Hbond substituents is 1. The van der Waals surface area contributed by atoms with Crippen LogP contribution in [0.4, 0.5) is 0 Å². The quantitative estimate of drug-likeness (QED) is 0.741. The molecule has 0 bridgehead atoms. The summed E-state index contributed by atoms with van der Waals surface area (Å²) in [4.78, 5) is 0. The highest BCUT2D eigenvalue weighted by Crippen LogP contribution is 2.30. The third-order valence-electron chi connectivity index (χ3n) is 3.32. The van der Waals surface area contributed by atoms with Gasteiger partial charge in [-0.2, -0.15) is 0 Å². The van der Waals surface area contributed by atoms with E-state index in [2.05, 4.69) is 13.8 Å². The van der Waals surface area contributed by atoms with Gasteiger partial charge in [-0.1, -0.05) is 38.8 Å². The first-order chi connectivity index (χ1) is 7.92. The summed E-state index contributed by atoms with van der Waals surface area (Å²) in [7, 11) is 0. The minimum Gasteiger partial charge on any atom is -0.508 e. The van der Waals surface area contributed by atoms with Crippen molar-refractivity contribution in [2.75, 3.05) is 0 Å². The Morgan fingerprint density at radius 2 is 1.71 bits per heavy atom. The Morgan fingerprint density at radius 1 is 1.12 bits per heavy atom. The molecule has 2 heteroatoms. The summed E-state index contributed by atoms with van der Waals surface area (Å²) in [6, 6.07) is 7.47. The van der Waals surface area contributed by atoms with Crippen LogP contribution in [0.25, 0.3) is 0 Å². The second kappa shape index (κ2) is 6.06. The van der Waals surface area contributed by atoms with E-state index in [-0.39, 0.29) is 11.5 Å². The Morgan fingerprint density at radius 3 is 2.24 bits per heavy atom. The van der Waals surface area contributed by atoms with E-state index in [4.69, 9.17) is 0 Å². The van der Waals surface area contributed by atoms with E-state index in [1.807, 2.05) is 19.1 Å². The highest BCUT2D eigenvalue weighted by atomic mass is 16.3. The molecule has 0 aliphatic heterocycles. The largest absolute Gasteiger partial charge is 0.508 e. The summed E-state index contributed by atoms with van der Waals surface area (Å²) in [5, 5.41) is 18.5. The first-order valence-electron chi connectivity index (χ1n) is 6.39. The number of hydrogen-bond donors (Lipinski definition) is 2. The van der Waals surface area contributed by atoms with E-state index in [9.17, 15) is 10.2 Å². The van der Waals surface area contributed by atoms with E-state index in [1.54, 1.807) is 12.1 Å². The van der Waals surface area contributed by atoms with Crippen LogP contribution in [0.3, 0.4) is 0 Å². The summed E-state index contributed by atoms with van der Waals surface area (Å²) < 4.78 is 0. The van der Waals surface area contributed by atoms with Crippen LogP contribution in [0.15, 0.2) is 24.3 Å². The third-order valence-corrected chi connectivity index (χ3v) is 3.32. The molecular weight excluding hydrogens is 212 g/mol. The number of rotatable bonds is 6. The van der Waals surface area contributed by atoms with Gasteiger partial charge in [0.15, 0.2) is 0 Å². The first kappa shape index (κ1) is 14.0. The zero-order valence-electron chi connectivity index (χ0n) is 11.1. The molecule has 96 valence electrons. The molecule has 2 nitrogen and oxygen atoms in total. The fourth-order valence-corrected chi connectivity index (χ4v) is 2.06. The van der Waals surface area contributed by atoms with Gasteiger partial charge in [0.2, 0.25) is 0 Å². The molecule has 0 fully saturated rings. The Balaban J connectivity index is 2.47. The summed E-state index contributed by atoms with van der Waals surface area (Å²) in [5.41, 5.74) is 1.39. The molecule has 17 heavy (non-hydrogen) atoms. The molecule has 0 aliphatic carbocycles. The molecule has 1 aromatic rings. The van der Waals surface area contributed by atoms with E-state index in [0.29, 0.717) is 5.75 Å². The number of aliphatic hydroxyl groups excluding tert-OH is 1. The van der Waals surface area contributed by atoms with Gasteiger partial charge in [0.25, 0.3) is 0 Å². The Bertz CT molecular complexity index is 325. The number of unbranched alkanes of at least 4 members (excludes halogenated alkanes) is 1. The van der Waals surface area contributed by atoms with Gasteiger partial charge in [-0.25, -0.2) is 0 Å². The second-order valence-corrected chi connectivity index (χ2v) is 5.53. The van der Waals surface area contributed by atoms with E-state index in [1.165, 1.54) is 5.56 Å². The zero-order valence-corrected chi connectivity index (χ0v) is 11.1. The van der Waals surface area contributed by atoms with Gasteiger partial charge in [0.05, 0.1) is 6.10 Å². The van der Waals surface area contributed by atoms with Crippen molar-refractivity contribution < 1.29 is 10.2 Å². The van der Waals surface area contributed by atoms with Crippen LogP contribution in [0, 0.1) is 0 Å². The summed E-state index contributed by atoms with van der Waals surface area (Å²) in [6.45, 7) is 6.29. The monoisotopic (exact) mass is 236 g/mol. The van der Waals surface area contributed by atoms with Crippen LogP contribution < -0.4 is 0 Å². The topological polar surface area (TPSA) is 40.5 Å². The molecule has 0 heterocycles. The standard InChI is InChI=1S/C15H24O2/c1-12(16)6-4-5-11-15(2,3)13-7-9-14(17)10-8-13/h7-10,12,16-17H,4-6,11H2,1-3H3. The van der Waals surface area contributed by atoms with Crippen molar-refractivity contribution in [1.82, 2.24) is 0 Å². The van der Waals surface area contributed by atoms with Gasteiger partial charge in [-0.15, -0.1) is 0 Å². The maximum atomic E-state index is 9.27. The van der Waals surface area contributed by atoms with Crippen molar-refractivity contribution in [3.8, 4) is 5.75 Å². The lowest BCUT2D eigenvalue weighted by Gasteiger charge is -2.25. The van der Waals surface area contributed by atoms with Gasteiger partial charge >= 0.3 is 0 Å². The SMILES string of the molecule is CC(O)CCCCC(C)(C)c1ccc(O)cc1. The Kier molecular flexibility index (Phi) is 5.01. The minimum absolute atomic E-state index is 0.131. The summed E-state index contributed by atoms with van der Waals surface area (Å²) in [6.07, 6.45) is 3.99. The zero-order chi connectivity index (χ0) is 12.9. The van der Waals surface area contributed by atoms with E-state index >= 15 is 0 Å². The fourth-order valence-electron chi connectivity index (χ4n) is 2.06. The molecule has 1 rings (SSSR count). The number of aliphatic hydroxyl groups is 1. The fraction of sp³-hybridized carbons (Fsp3) is 0.600. The Hall–Kier alpha value is -1.02. The van der Waals surface area contributed by atoms with E-state index < -0.39 is 0 Å². The minimum atomic E-state index is -0.188. The molecule has 0 radical (unpaired) electrons. The van der Waals surface area contributed by atoms with Crippen LogP contribution in [-0.2, 0) is 5.41 Å². The second-order valence-electron chi connectivity index (χ2n) is 5.53. The molecule has 0 aromatic heterocycles. The molecule has 1 atom stereocenters. The van der Waals surface area contributed by atoms with Gasteiger partial charge in [0, 0.05) is 0 Å². The summed E-state index contributed by atoms with van der Waals surface area (Å²) in [5.74, 6) is 0.318.